The number of carboxylic acid groups (broad SMARTS) is 1. The fraction of sp³-hybridized carbons (Fsp3) is 0.846. The molecule has 0 unspecified atom stereocenters. The summed E-state index contributed by atoms with van der Waals surface area (Å²) in [6.07, 6.45) is 6.00. The van der Waals surface area contributed by atoms with Crippen LogP contribution in [0.2, 0.25) is 0 Å². The van der Waals surface area contributed by atoms with Crippen LogP contribution in [0.4, 0.5) is 0 Å². The van der Waals surface area contributed by atoms with Crippen LogP contribution in [0, 0.1) is 0 Å². The number of ether oxygens (including phenoxy) is 1. The molecule has 0 saturated carbocycles. The Morgan fingerprint density at radius 3 is 2.72 bits per heavy atom. The maximum Gasteiger partial charge on any atom is 0.326 e. The van der Waals surface area contributed by atoms with Gasteiger partial charge in [0.05, 0.1) is 6.10 Å². The van der Waals surface area contributed by atoms with E-state index < -0.39 is 12.0 Å². The van der Waals surface area contributed by atoms with Crippen molar-refractivity contribution in [1.29, 1.82) is 0 Å². The zero-order valence-electron chi connectivity index (χ0n) is 10.6. The summed E-state index contributed by atoms with van der Waals surface area (Å²) in [5, 5.41) is 9.03. The smallest absolute Gasteiger partial charge is 0.326 e. The monoisotopic (exact) mass is 255 g/mol. The molecular weight excluding hydrogens is 234 g/mol. The molecule has 2 aliphatic heterocycles. The highest BCUT2D eigenvalue weighted by atomic mass is 16.5. The van der Waals surface area contributed by atoms with E-state index in [1.54, 1.807) is 0 Å². The Morgan fingerprint density at radius 2 is 2.06 bits per heavy atom. The van der Waals surface area contributed by atoms with E-state index in [2.05, 4.69) is 0 Å². The lowest BCUT2D eigenvalue weighted by Crippen LogP contribution is -2.40. The lowest BCUT2D eigenvalue weighted by atomic mass is 10.0. The van der Waals surface area contributed by atoms with Gasteiger partial charge >= 0.3 is 5.97 Å². The third-order valence-electron chi connectivity index (χ3n) is 3.81. The van der Waals surface area contributed by atoms with Gasteiger partial charge in [0.1, 0.15) is 6.04 Å². The van der Waals surface area contributed by atoms with Crippen LogP contribution < -0.4 is 0 Å². The molecule has 1 N–H and O–H groups in total. The predicted molar refractivity (Wildman–Crippen MR) is 65.2 cm³/mol. The fourth-order valence-corrected chi connectivity index (χ4v) is 2.79. The Bertz CT molecular complexity index is 312. The Hall–Kier alpha value is -1.10. The summed E-state index contributed by atoms with van der Waals surface area (Å²) in [6, 6.07) is -0.607. The van der Waals surface area contributed by atoms with Crippen LogP contribution in [0.5, 0.6) is 0 Å². The molecule has 0 bridgehead atoms. The van der Waals surface area contributed by atoms with Gasteiger partial charge in [-0.25, -0.2) is 4.79 Å². The average molecular weight is 255 g/mol. The van der Waals surface area contributed by atoms with Gasteiger partial charge in [-0.1, -0.05) is 0 Å². The van der Waals surface area contributed by atoms with Crippen molar-refractivity contribution < 1.29 is 19.4 Å². The average Bonchev–Trinajstić information content (AvgIpc) is 2.86. The zero-order valence-corrected chi connectivity index (χ0v) is 10.6. The van der Waals surface area contributed by atoms with E-state index in [0.29, 0.717) is 19.4 Å². The fourth-order valence-electron chi connectivity index (χ4n) is 2.79. The summed E-state index contributed by atoms with van der Waals surface area (Å²) in [6.45, 7) is 1.38. The molecule has 0 aromatic rings. The maximum atomic E-state index is 12.0. The van der Waals surface area contributed by atoms with Crippen LogP contribution in [0.3, 0.4) is 0 Å². The van der Waals surface area contributed by atoms with Gasteiger partial charge in [-0.05, 0) is 38.5 Å². The number of nitrogens with zero attached hydrogens (tertiary/aromatic N) is 1. The van der Waals surface area contributed by atoms with Crippen molar-refractivity contribution in [3.63, 3.8) is 0 Å². The van der Waals surface area contributed by atoms with Crippen LogP contribution in [-0.4, -0.2) is 47.2 Å². The molecule has 2 atom stereocenters. The summed E-state index contributed by atoms with van der Waals surface area (Å²) in [5.41, 5.74) is 0. The van der Waals surface area contributed by atoms with Crippen LogP contribution in [0.1, 0.15) is 44.9 Å². The van der Waals surface area contributed by atoms with Crippen molar-refractivity contribution in [2.45, 2.75) is 57.1 Å². The topological polar surface area (TPSA) is 66.8 Å². The summed E-state index contributed by atoms with van der Waals surface area (Å²) >= 11 is 0. The maximum absolute atomic E-state index is 12.0. The van der Waals surface area contributed by atoms with E-state index in [4.69, 9.17) is 9.84 Å². The van der Waals surface area contributed by atoms with Gasteiger partial charge in [-0.3, -0.25) is 4.79 Å². The summed E-state index contributed by atoms with van der Waals surface area (Å²) in [4.78, 5) is 24.5. The van der Waals surface area contributed by atoms with Crippen molar-refractivity contribution >= 4 is 11.9 Å². The van der Waals surface area contributed by atoms with E-state index in [1.807, 2.05) is 0 Å². The first-order valence-electron chi connectivity index (χ1n) is 6.82. The molecule has 0 radical (unpaired) electrons. The molecular formula is C13H21NO4. The standard InChI is InChI=1S/C13H21NO4/c15-12(7-6-10-4-1-2-9-18-10)14-8-3-5-11(14)13(16)17/h10-11H,1-9H2,(H,16,17)/t10-,11-/m1/s1. The van der Waals surface area contributed by atoms with Gasteiger partial charge in [-0.15, -0.1) is 0 Å². The van der Waals surface area contributed by atoms with Crippen molar-refractivity contribution in [2.75, 3.05) is 13.2 Å². The normalized spacial score (nSPS) is 28.3. The van der Waals surface area contributed by atoms with Gasteiger partial charge in [0, 0.05) is 19.6 Å². The lowest BCUT2D eigenvalue weighted by Gasteiger charge is -2.25. The van der Waals surface area contributed by atoms with Crippen molar-refractivity contribution in [1.82, 2.24) is 4.90 Å². The SMILES string of the molecule is O=C(O)[C@H]1CCCN1C(=O)CC[C@H]1CCCCO1. The minimum atomic E-state index is -0.880. The first kappa shape index (κ1) is 13.3. The van der Waals surface area contributed by atoms with E-state index in [9.17, 15) is 9.59 Å². The molecule has 5 nitrogen and oxygen atoms in total. The minimum absolute atomic E-state index is 0.0333. The second-order valence-corrected chi connectivity index (χ2v) is 5.11. The van der Waals surface area contributed by atoms with E-state index in [1.165, 1.54) is 11.3 Å². The Labute approximate surface area is 107 Å². The Morgan fingerprint density at radius 1 is 1.22 bits per heavy atom. The van der Waals surface area contributed by atoms with Crippen LogP contribution >= 0.6 is 0 Å². The highest BCUT2D eigenvalue weighted by molar-refractivity contribution is 5.84. The van der Waals surface area contributed by atoms with Crippen molar-refractivity contribution in [2.24, 2.45) is 0 Å². The predicted octanol–water partition coefficient (Wildman–Crippen LogP) is 1.41. The molecule has 2 saturated heterocycles. The highest BCUT2D eigenvalue weighted by Crippen LogP contribution is 2.21. The highest BCUT2D eigenvalue weighted by Gasteiger charge is 2.33. The molecule has 2 fully saturated rings. The summed E-state index contributed by atoms with van der Waals surface area (Å²) < 4.78 is 5.58. The number of rotatable bonds is 4. The summed E-state index contributed by atoms with van der Waals surface area (Å²) in [7, 11) is 0. The molecule has 1 amide bonds. The zero-order chi connectivity index (χ0) is 13.0. The Kier molecular flexibility index (Phi) is 4.58. The number of aliphatic carboxylic acids is 1. The number of amides is 1. The third kappa shape index (κ3) is 3.22. The number of carbonyl (C=O) groups excluding carboxylic acids is 1. The molecule has 102 valence electrons. The number of carbonyl (C=O) groups is 2. The van der Waals surface area contributed by atoms with Crippen LogP contribution in [0.25, 0.3) is 0 Å². The number of hydrogen-bond acceptors (Lipinski definition) is 3. The first-order valence-corrected chi connectivity index (χ1v) is 6.82. The van der Waals surface area contributed by atoms with E-state index >= 15 is 0 Å². The lowest BCUT2D eigenvalue weighted by molar-refractivity contribution is -0.148. The molecule has 0 aliphatic carbocycles. The molecule has 5 heteroatoms. The molecule has 0 aromatic heterocycles. The van der Waals surface area contributed by atoms with E-state index in [0.717, 1.165) is 32.3 Å². The second kappa shape index (κ2) is 6.18. The quantitative estimate of drug-likeness (QED) is 0.824. The van der Waals surface area contributed by atoms with Crippen molar-refractivity contribution in [3.8, 4) is 0 Å². The Balaban J connectivity index is 1.78. The van der Waals surface area contributed by atoms with Crippen LogP contribution in [-0.2, 0) is 14.3 Å². The summed E-state index contributed by atoms with van der Waals surface area (Å²) in [5.74, 6) is -0.913. The van der Waals surface area contributed by atoms with E-state index in [-0.39, 0.29) is 12.0 Å². The molecule has 0 spiro atoms. The number of likely N-dealkylation sites (tertiary alicyclic amines) is 1. The largest absolute Gasteiger partial charge is 0.480 e. The van der Waals surface area contributed by atoms with Gasteiger partial charge in [0.15, 0.2) is 0 Å². The van der Waals surface area contributed by atoms with Gasteiger partial charge in [0.2, 0.25) is 5.91 Å². The number of carboxylic acids is 1. The molecule has 2 aliphatic rings. The van der Waals surface area contributed by atoms with Crippen molar-refractivity contribution in [3.05, 3.63) is 0 Å². The second-order valence-electron chi connectivity index (χ2n) is 5.11. The van der Waals surface area contributed by atoms with Gasteiger partial charge in [0.25, 0.3) is 0 Å². The van der Waals surface area contributed by atoms with Gasteiger partial charge in [-0.2, -0.15) is 0 Å². The minimum Gasteiger partial charge on any atom is -0.480 e. The molecule has 2 rings (SSSR count). The first-order chi connectivity index (χ1) is 8.68. The number of hydrogen-bond donors (Lipinski definition) is 1. The molecule has 0 aromatic carbocycles. The molecule has 18 heavy (non-hydrogen) atoms. The third-order valence-corrected chi connectivity index (χ3v) is 3.81. The van der Waals surface area contributed by atoms with Crippen LogP contribution in [0.15, 0.2) is 0 Å². The molecule has 2 heterocycles. The van der Waals surface area contributed by atoms with Gasteiger partial charge < -0.3 is 14.7 Å².